The summed E-state index contributed by atoms with van der Waals surface area (Å²) in [7, 11) is 5.50. The number of anilines is 2. The Balaban J connectivity index is 1.43. The lowest BCUT2D eigenvalue weighted by Gasteiger charge is -2.25. The van der Waals surface area contributed by atoms with E-state index in [1.807, 2.05) is 72.1 Å². The fourth-order valence-corrected chi connectivity index (χ4v) is 4.25. The van der Waals surface area contributed by atoms with Crippen LogP contribution in [0.3, 0.4) is 0 Å². The van der Waals surface area contributed by atoms with Gasteiger partial charge in [0.25, 0.3) is 0 Å². The first kappa shape index (κ1) is 26.2. The molecule has 0 bridgehead atoms. The maximum atomic E-state index is 13.8. The van der Waals surface area contributed by atoms with E-state index in [-0.39, 0.29) is 23.7 Å². The van der Waals surface area contributed by atoms with Crippen LogP contribution in [0.1, 0.15) is 17.5 Å². The number of aromatic nitrogens is 2. The molecule has 0 unspecified atom stereocenters. The highest BCUT2D eigenvalue weighted by molar-refractivity contribution is 5.92. The van der Waals surface area contributed by atoms with Gasteiger partial charge >= 0.3 is 6.18 Å². The lowest BCUT2D eigenvalue weighted by atomic mass is 10.1. The van der Waals surface area contributed by atoms with E-state index in [9.17, 15) is 18.0 Å². The van der Waals surface area contributed by atoms with Crippen LogP contribution in [0.25, 0.3) is 16.7 Å². The summed E-state index contributed by atoms with van der Waals surface area (Å²) in [6, 6.07) is 19.2. The molecule has 1 N–H and O–H groups in total. The number of carbonyl (C=O) groups excluding carboxylic acids is 1. The van der Waals surface area contributed by atoms with Gasteiger partial charge in [-0.2, -0.15) is 13.2 Å². The van der Waals surface area contributed by atoms with E-state index < -0.39 is 11.7 Å². The fraction of sp³-hybridized carbons (Fsp3) is 0.286. The molecule has 0 fully saturated rings. The SMILES string of the molecule is CN(C)CCCN(C)c1ccc(NC(=O)Cc2ccc(-n3cnc4ccccc43)cc2)cc1C(F)(F)F. The molecule has 37 heavy (non-hydrogen) atoms. The molecule has 1 aromatic heterocycles. The van der Waals surface area contributed by atoms with Crippen molar-refractivity contribution >= 4 is 28.3 Å². The molecule has 3 aromatic carbocycles. The first-order valence-electron chi connectivity index (χ1n) is 12.0. The molecule has 0 aliphatic carbocycles. The monoisotopic (exact) mass is 509 g/mol. The van der Waals surface area contributed by atoms with Crippen molar-refractivity contribution < 1.29 is 18.0 Å². The van der Waals surface area contributed by atoms with Gasteiger partial charge in [0.2, 0.25) is 5.91 Å². The van der Waals surface area contributed by atoms with Gasteiger partial charge in [0.15, 0.2) is 0 Å². The van der Waals surface area contributed by atoms with Gasteiger partial charge < -0.3 is 15.1 Å². The van der Waals surface area contributed by atoms with E-state index in [0.29, 0.717) is 6.54 Å². The van der Waals surface area contributed by atoms with Gasteiger partial charge in [-0.15, -0.1) is 0 Å². The third-order valence-corrected chi connectivity index (χ3v) is 6.13. The summed E-state index contributed by atoms with van der Waals surface area (Å²) in [5.41, 5.74) is 2.94. The highest BCUT2D eigenvalue weighted by Gasteiger charge is 2.35. The molecule has 0 aliphatic heterocycles. The number of carbonyl (C=O) groups is 1. The van der Waals surface area contributed by atoms with E-state index >= 15 is 0 Å². The van der Waals surface area contributed by atoms with E-state index in [0.717, 1.165) is 41.3 Å². The van der Waals surface area contributed by atoms with Crippen LogP contribution < -0.4 is 10.2 Å². The maximum Gasteiger partial charge on any atom is 0.418 e. The number of rotatable bonds is 9. The van der Waals surface area contributed by atoms with Crippen molar-refractivity contribution in [1.29, 1.82) is 0 Å². The van der Waals surface area contributed by atoms with Crippen molar-refractivity contribution in [3.8, 4) is 5.69 Å². The van der Waals surface area contributed by atoms with E-state index in [1.54, 1.807) is 18.3 Å². The minimum Gasteiger partial charge on any atom is -0.374 e. The van der Waals surface area contributed by atoms with Gasteiger partial charge in [0, 0.05) is 30.7 Å². The highest BCUT2D eigenvalue weighted by Crippen LogP contribution is 2.38. The topological polar surface area (TPSA) is 53.4 Å². The van der Waals surface area contributed by atoms with Crippen molar-refractivity contribution in [1.82, 2.24) is 14.5 Å². The molecule has 4 rings (SSSR count). The first-order valence-corrected chi connectivity index (χ1v) is 12.0. The molecule has 1 heterocycles. The number of para-hydroxylation sites is 2. The minimum absolute atomic E-state index is 0.0402. The Kier molecular flexibility index (Phi) is 7.83. The zero-order valence-electron chi connectivity index (χ0n) is 21.1. The zero-order chi connectivity index (χ0) is 26.6. The number of imidazole rings is 1. The fourth-order valence-electron chi connectivity index (χ4n) is 4.25. The molecule has 0 saturated heterocycles. The van der Waals surface area contributed by atoms with Crippen LogP contribution in [0, 0.1) is 0 Å². The molecular weight excluding hydrogens is 479 g/mol. The van der Waals surface area contributed by atoms with Gasteiger partial charge in [-0.3, -0.25) is 9.36 Å². The molecule has 0 saturated carbocycles. The van der Waals surface area contributed by atoms with Crippen molar-refractivity contribution in [2.24, 2.45) is 0 Å². The van der Waals surface area contributed by atoms with Crippen molar-refractivity contribution in [3.63, 3.8) is 0 Å². The third-order valence-electron chi connectivity index (χ3n) is 6.13. The molecule has 194 valence electrons. The van der Waals surface area contributed by atoms with Crippen LogP contribution in [0.5, 0.6) is 0 Å². The average Bonchev–Trinajstić information content (AvgIpc) is 3.28. The lowest BCUT2D eigenvalue weighted by molar-refractivity contribution is -0.137. The van der Waals surface area contributed by atoms with Crippen molar-refractivity contribution in [2.75, 3.05) is 44.4 Å². The number of hydrogen-bond acceptors (Lipinski definition) is 4. The maximum absolute atomic E-state index is 13.8. The second kappa shape index (κ2) is 11.0. The average molecular weight is 510 g/mol. The van der Waals surface area contributed by atoms with E-state index in [4.69, 9.17) is 0 Å². The molecule has 1 amide bonds. The Morgan fingerprint density at radius 2 is 1.70 bits per heavy atom. The number of halogens is 3. The van der Waals surface area contributed by atoms with Gasteiger partial charge in [0.1, 0.15) is 6.33 Å². The van der Waals surface area contributed by atoms with Crippen LogP contribution in [0.2, 0.25) is 0 Å². The molecule has 6 nitrogen and oxygen atoms in total. The van der Waals surface area contributed by atoms with Crippen LogP contribution in [-0.2, 0) is 17.4 Å². The number of amides is 1. The summed E-state index contributed by atoms with van der Waals surface area (Å²) >= 11 is 0. The third kappa shape index (κ3) is 6.48. The Morgan fingerprint density at radius 3 is 2.41 bits per heavy atom. The van der Waals surface area contributed by atoms with Crippen molar-refractivity contribution in [2.45, 2.75) is 19.0 Å². The highest BCUT2D eigenvalue weighted by atomic mass is 19.4. The first-order chi connectivity index (χ1) is 17.6. The standard InChI is InChI=1S/C28H30F3N5O/c1-34(2)15-6-16-35(3)25-14-11-21(18-23(25)28(29,30)31)33-27(37)17-20-9-12-22(13-10-20)36-19-32-24-7-4-5-8-26(24)36/h4-5,7-14,18-19H,6,15-17H2,1-3H3,(H,33,37). The van der Waals surface area contributed by atoms with Gasteiger partial charge in [-0.1, -0.05) is 24.3 Å². The summed E-state index contributed by atoms with van der Waals surface area (Å²) in [4.78, 5) is 20.6. The Morgan fingerprint density at radius 1 is 0.973 bits per heavy atom. The van der Waals surface area contributed by atoms with Gasteiger partial charge in [-0.05, 0) is 75.1 Å². The molecule has 0 atom stereocenters. The zero-order valence-corrected chi connectivity index (χ0v) is 21.1. The Hall–Kier alpha value is -3.85. The lowest BCUT2D eigenvalue weighted by Crippen LogP contribution is -2.25. The largest absolute Gasteiger partial charge is 0.418 e. The summed E-state index contributed by atoms with van der Waals surface area (Å²) in [6.07, 6.45) is -2.03. The minimum atomic E-state index is -4.54. The number of alkyl halides is 3. The van der Waals surface area contributed by atoms with Crippen LogP contribution in [0.15, 0.2) is 73.1 Å². The van der Waals surface area contributed by atoms with Crippen molar-refractivity contribution in [3.05, 3.63) is 84.2 Å². The summed E-state index contributed by atoms with van der Waals surface area (Å²) in [5, 5.41) is 2.61. The molecule has 0 radical (unpaired) electrons. The van der Waals surface area contributed by atoms with Gasteiger partial charge in [-0.25, -0.2) is 4.98 Å². The van der Waals surface area contributed by atoms with E-state index in [2.05, 4.69) is 10.3 Å². The molecular formula is C28H30F3N5O. The quantitative estimate of drug-likeness (QED) is 0.319. The van der Waals surface area contributed by atoms with E-state index in [1.165, 1.54) is 12.1 Å². The number of nitrogens with zero attached hydrogens (tertiary/aromatic N) is 4. The summed E-state index contributed by atoms with van der Waals surface area (Å²) in [5.74, 6) is -0.388. The molecule has 9 heteroatoms. The number of nitrogens with one attached hydrogen (secondary N) is 1. The normalized spacial score (nSPS) is 11.8. The smallest absolute Gasteiger partial charge is 0.374 e. The summed E-state index contributed by atoms with van der Waals surface area (Å²) in [6.45, 7) is 1.26. The second-order valence-electron chi connectivity index (χ2n) is 9.30. The van der Waals surface area contributed by atoms with Crippen LogP contribution in [-0.4, -0.2) is 54.6 Å². The molecule has 4 aromatic rings. The number of hydrogen-bond donors (Lipinski definition) is 1. The second-order valence-corrected chi connectivity index (χ2v) is 9.30. The Labute approximate surface area is 214 Å². The number of fused-ring (bicyclic) bond motifs is 1. The molecule has 0 spiro atoms. The predicted octanol–water partition coefficient (Wildman–Crippen LogP) is 5.61. The predicted molar refractivity (Wildman–Crippen MR) is 141 cm³/mol. The number of benzene rings is 3. The Bertz CT molecular complexity index is 1360. The van der Waals surface area contributed by atoms with Crippen LogP contribution in [0.4, 0.5) is 24.5 Å². The van der Waals surface area contributed by atoms with Crippen LogP contribution >= 0.6 is 0 Å². The summed E-state index contributed by atoms with van der Waals surface area (Å²) < 4.78 is 43.4. The van der Waals surface area contributed by atoms with Gasteiger partial charge in [0.05, 0.1) is 23.0 Å². The molecule has 0 aliphatic rings.